The molecule has 4 heteroatoms. The van der Waals surface area contributed by atoms with Crippen LogP contribution < -0.4 is 4.74 Å². The summed E-state index contributed by atoms with van der Waals surface area (Å²) in [5.74, 6) is 1.13. The molecule has 1 nitrogen and oxygen atoms in total. The van der Waals surface area contributed by atoms with Gasteiger partial charge in [-0.3, -0.25) is 0 Å². The van der Waals surface area contributed by atoms with Crippen LogP contribution >= 0.6 is 45.8 Å². The molecule has 0 radical (unpaired) electrons. The number of halogens is 3. The molecule has 0 heterocycles. The summed E-state index contributed by atoms with van der Waals surface area (Å²) in [6.45, 7) is 0. The smallest absolute Gasteiger partial charge is 0.133 e. The summed E-state index contributed by atoms with van der Waals surface area (Å²) < 4.78 is 5.67. The van der Waals surface area contributed by atoms with Gasteiger partial charge in [-0.05, 0) is 58.0 Å². The lowest BCUT2D eigenvalue weighted by Crippen LogP contribution is -1.91. The first kappa shape index (κ1) is 14.5. The minimum absolute atomic E-state index is 0.136. The van der Waals surface area contributed by atoms with Crippen molar-refractivity contribution in [3.05, 3.63) is 63.2 Å². The molecule has 0 bridgehead atoms. The number of alkyl halides is 2. The number of rotatable bonds is 3. The van der Waals surface area contributed by atoms with Crippen LogP contribution in [0.25, 0.3) is 0 Å². The molecule has 0 aromatic heterocycles. The second-order valence-corrected chi connectivity index (χ2v) is 7.64. The Hall–Kier alpha value is -0.450. The monoisotopic (exact) mass is 418 g/mol. The van der Waals surface area contributed by atoms with Gasteiger partial charge in [0.2, 0.25) is 0 Å². The zero-order chi connectivity index (χ0) is 14.3. The van der Waals surface area contributed by atoms with Crippen molar-refractivity contribution in [1.29, 1.82) is 0 Å². The Bertz CT molecular complexity index is 607. The number of benzene rings is 2. The van der Waals surface area contributed by atoms with E-state index in [2.05, 4.69) is 46.9 Å². The van der Waals surface area contributed by atoms with Crippen LogP contribution in [0.2, 0.25) is 0 Å². The Kier molecular flexibility index (Phi) is 3.91. The molecule has 1 aliphatic rings. The van der Waals surface area contributed by atoms with Gasteiger partial charge in [-0.2, -0.15) is 0 Å². The molecule has 0 amide bonds. The molecule has 3 rings (SSSR count). The van der Waals surface area contributed by atoms with Gasteiger partial charge in [0.25, 0.3) is 0 Å². The second-order valence-electron chi connectivity index (χ2n) is 4.95. The predicted octanol–water partition coefficient (Wildman–Crippen LogP) is 5.35. The molecular formula is C16H13Cl2IO. The molecule has 0 unspecified atom stereocenters. The van der Waals surface area contributed by atoms with E-state index in [-0.39, 0.29) is 11.8 Å². The van der Waals surface area contributed by atoms with E-state index in [1.54, 1.807) is 7.11 Å². The summed E-state index contributed by atoms with van der Waals surface area (Å²) in [4.78, 5) is 0. The molecular weight excluding hydrogens is 406 g/mol. The van der Waals surface area contributed by atoms with Gasteiger partial charge in [-0.25, -0.2) is 0 Å². The van der Waals surface area contributed by atoms with Crippen molar-refractivity contribution < 1.29 is 4.74 Å². The number of methoxy groups -OCH3 is 1. The molecule has 104 valence electrons. The van der Waals surface area contributed by atoms with E-state index in [1.807, 2.05) is 24.3 Å². The van der Waals surface area contributed by atoms with Crippen molar-refractivity contribution in [1.82, 2.24) is 0 Å². The Morgan fingerprint density at radius 1 is 0.900 bits per heavy atom. The maximum atomic E-state index is 6.49. The zero-order valence-electron chi connectivity index (χ0n) is 10.8. The molecule has 0 aliphatic heterocycles. The average Bonchev–Trinajstić information content (AvgIpc) is 3.02. The summed E-state index contributed by atoms with van der Waals surface area (Å²) in [7, 11) is 1.66. The third-order valence-corrected chi connectivity index (χ3v) is 5.42. The molecule has 1 saturated carbocycles. The molecule has 0 N–H and O–H groups in total. The van der Waals surface area contributed by atoms with Gasteiger partial charge in [0.05, 0.1) is 7.11 Å². The summed E-state index contributed by atoms with van der Waals surface area (Å²) >= 11 is 15.3. The van der Waals surface area contributed by atoms with E-state index in [0.29, 0.717) is 0 Å². The van der Waals surface area contributed by atoms with Crippen LogP contribution in [-0.4, -0.2) is 11.4 Å². The first-order valence-electron chi connectivity index (χ1n) is 6.31. The van der Waals surface area contributed by atoms with Crippen LogP contribution in [-0.2, 0) is 0 Å². The highest BCUT2D eigenvalue weighted by molar-refractivity contribution is 14.1. The van der Waals surface area contributed by atoms with Gasteiger partial charge >= 0.3 is 0 Å². The minimum Gasteiger partial charge on any atom is -0.497 e. The molecule has 0 saturated heterocycles. The molecule has 1 aliphatic carbocycles. The molecule has 2 aromatic rings. The van der Waals surface area contributed by atoms with E-state index in [9.17, 15) is 0 Å². The van der Waals surface area contributed by atoms with Crippen LogP contribution in [0, 0.1) is 3.57 Å². The van der Waals surface area contributed by atoms with Gasteiger partial charge < -0.3 is 4.74 Å². The van der Waals surface area contributed by atoms with Gasteiger partial charge in [0.15, 0.2) is 0 Å². The van der Waals surface area contributed by atoms with Gasteiger partial charge in [0.1, 0.15) is 10.1 Å². The highest BCUT2D eigenvalue weighted by atomic mass is 127. The van der Waals surface area contributed by atoms with Crippen LogP contribution in [0.3, 0.4) is 0 Å². The van der Waals surface area contributed by atoms with Crippen molar-refractivity contribution in [2.75, 3.05) is 7.11 Å². The first-order valence-corrected chi connectivity index (χ1v) is 8.14. The fraction of sp³-hybridized carbons (Fsp3) is 0.250. The van der Waals surface area contributed by atoms with E-state index in [0.717, 1.165) is 11.3 Å². The number of ether oxygens (including phenoxy) is 1. The lowest BCUT2D eigenvalue weighted by molar-refractivity contribution is 0.414. The zero-order valence-corrected chi connectivity index (χ0v) is 14.5. The van der Waals surface area contributed by atoms with Crippen molar-refractivity contribution in [2.45, 2.75) is 16.2 Å². The van der Waals surface area contributed by atoms with Crippen LogP contribution in [0.5, 0.6) is 5.75 Å². The van der Waals surface area contributed by atoms with E-state index in [4.69, 9.17) is 27.9 Å². The van der Waals surface area contributed by atoms with E-state index < -0.39 is 4.33 Å². The van der Waals surface area contributed by atoms with Crippen molar-refractivity contribution >= 4 is 45.8 Å². The fourth-order valence-electron chi connectivity index (χ4n) is 2.64. The topological polar surface area (TPSA) is 9.23 Å². The molecule has 0 spiro atoms. The van der Waals surface area contributed by atoms with E-state index >= 15 is 0 Å². The summed E-state index contributed by atoms with van der Waals surface area (Å²) in [5.41, 5.74) is 2.34. The van der Waals surface area contributed by atoms with Gasteiger partial charge in [-0.15, -0.1) is 23.2 Å². The third-order valence-electron chi connectivity index (χ3n) is 3.76. The predicted molar refractivity (Wildman–Crippen MR) is 92.1 cm³/mol. The Balaban J connectivity index is 1.88. The number of hydrogen-bond donors (Lipinski definition) is 0. The van der Waals surface area contributed by atoms with Crippen molar-refractivity contribution in [3.8, 4) is 5.75 Å². The third kappa shape index (κ3) is 2.53. The Morgan fingerprint density at radius 3 is 1.80 bits per heavy atom. The normalized spacial score (nSPS) is 23.4. The minimum atomic E-state index is -0.721. The summed E-state index contributed by atoms with van der Waals surface area (Å²) in [6.07, 6.45) is 0. The van der Waals surface area contributed by atoms with Crippen LogP contribution in [0.1, 0.15) is 23.0 Å². The van der Waals surface area contributed by atoms with Crippen molar-refractivity contribution in [2.24, 2.45) is 0 Å². The standard InChI is InChI=1S/C16H13Cl2IO/c1-20-13-8-4-11(5-9-13)15-14(16(15,17)18)10-2-6-12(19)7-3-10/h2-9,14-15H,1H3/t14-,15-/m0/s1. The maximum absolute atomic E-state index is 6.49. The van der Waals surface area contributed by atoms with Crippen LogP contribution in [0.15, 0.2) is 48.5 Å². The Morgan fingerprint density at radius 2 is 1.35 bits per heavy atom. The molecule has 2 aromatic carbocycles. The summed E-state index contributed by atoms with van der Waals surface area (Å²) in [5, 5.41) is 0. The Labute approximate surface area is 142 Å². The molecule has 20 heavy (non-hydrogen) atoms. The van der Waals surface area contributed by atoms with Crippen LogP contribution in [0.4, 0.5) is 0 Å². The van der Waals surface area contributed by atoms with Crippen molar-refractivity contribution in [3.63, 3.8) is 0 Å². The largest absolute Gasteiger partial charge is 0.497 e. The summed E-state index contributed by atoms with van der Waals surface area (Å²) in [6, 6.07) is 16.4. The fourth-order valence-corrected chi connectivity index (χ4v) is 3.88. The van der Waals surface area contributed by atoms with Gasteiger partial charge in [-0.1, -0.05) is 24.3 Å². The highest BCUT2D eigenvalue weighted by Crippen LogP contribution is 2.70. The SMILES string of the molecule is COc1ccc([C@H]2[C@H](c3ccc(I)cc3)C2(Cl)Cl)cc1. The van der Waals surface area contributed by atoms with Gasteiger partial charge in [0, 0.05) is 15.4 Å². The lowest BCUT2D eigenvalue weighted by atomic mass is 10.0. The second kappa shape index (κ2) is 5.39. The first-order chi connectivity index (χ1) is 9.54. The quantitative estimate of drug-likeness (QED) is 0.481. The number of hydrogen-bond acceptors (Lipinski definition) is 1. The highest BCUT2D eigenvalue weighted by Gasteiger charge is 2.64. The average molecular weight is 419 g/mol. The maximum Gasteiger partial charge on any atom is 0.133 e. The lowest BCUT2D eigenvalue weighted by Gasteiger charge is -2.03. The molecule has 1 fully saturated rings. The molecule has 2 atom stereocenters. The van der Waals surface area contributed by atoms with E-state index in [1.165, 1.54) is 9.13 Å².